The van der Waals surface area contributed by atoms with Crippen LogP contribution in [0.15, 0.2) is 12.1 Å². The number of anilines is 1. The van der Waals surface area contributed by atoms with Crippen LogP contribution in [0.1, 0.15) is 0 Å². The van der Waals surface area contributed by atoms with Gasteiger partial charge in [-0.05, 0) is 19.2 Å². The number of hydrogen-bond donors (Lipinski definition) is 2. The van der Waals surface area contributed by atoms with Gasteiger partial charge in [-0.2, -0.15) is 0 Å². The van der Waals surface area contributed by atoms with Gasteiger partial charge in [0.1, 0.15) is 10.8 Å². The summed E-state index contributed by atoms with van der Waals surface area (Å²) in [7, 11) is 3.39. The highest BCUT2D eigenvalue weighted by Crippen LogP contribution is 2.36. The van der Waals surface area contributed by atoms with Crippen LogP contribution in [-0.2, 0) is 0 Å². The third kappa shape index (κ3) is 2.44. The molecule has 5 heteroatoms. The molecule has 1 rings (SSSR count). The molecule has 0 aromatic heterocycles. The molecule has 0 unspecified atom stereocenters. The van der Waals surface area contributed by atoms with Gasteiger partial charge in [-0.3, -0.25) is 0 Å². The maximum atomic E-state index is 6.01. The SMILES string of the molecule is CNCNc1ccc(OC)c(Cl)c1Cl. The first-order chi connectivity index (χ1) is 6.70. The molecule has 0 saturated heterocycles. The highest BCUT2D eigenvalue weighted by molar-refractivity contribution is 6.44. The maximum absolute atomic E-state index is 6.01. The van der Waals surface area contributed by atoms with E-state index in [4.69, 9.17) is 27.9 Å². The fourth-order valence-electron chi connectivity index (χ4n) is 1.01. The van der Waals surface area contributed by atoms with E-state index in [0.717, 1.165) is 5.69 Å². The molecule has 0 atom stereocenters. The lowest BCUT2D eigenvalue weighted by Gasteiger charge is -2.11. The maximum Gasteiger partial charge on any atom is 0.139 e. The summed E-state index contributed by atoms with van der Waals surface area (Å²) in [6.45, 7) is 0.627. The molecule has 0 bridgehead atoms. The predicted molar refractivity (Wildman–Crippen MR) is 60.6 cm³/mol. The highest BCUT2D eigenvalue weighted by atomic mass is 35.5. The first kappa shape index (κ1) is 11.4. The summed E-state index contributed by atoms with van der Waals surface area (Å²) in [5.74, 6) is 0.576. The average Bonchev–Trinajstić information content (AvgIpc) is 2.20. The molecule has 3 nitrogen and oxygen atoms in total. The summed E-state index contributed by atoms with van der Waals surface area (Å²) in [6.07, 6.45) is 0. The molecule has 0 aliphatic heterocycles. The van der Waals surface area contributed by atoms with E-state index < -0.39 is 0 Å². The summed E-state index contributed by atoms with van der Waals surface area (Å²) in [4.78, 5) is 0. The van der Waals surface area contributed by atoms with Gasteiger partial charge < -0.3 is 15.4 Å². The molecule has 1 aromatic carbocycles. The van der Waals surface area contributed by atoms with Crippen LogP contribution >= 0.6 is 23.2 Å². The summed E-state index contributed by atoms with van der Waals surface area (Å²) in [6, 6.07) is 3.59. The van der Waals surface area contributed by atoms with Crippen molar-refractivity contribution in [1.29, 1.82) is 0 Å². The lowest BCUT2D eigenvalue weighted by molar-refractivity contribution is 0.415. The second-order valence-corrected chi connectivity index (χ2v) is 3.41. The van der Waals surface area contributed by atoms with Crippen molar-refractivity contribution in [2.75, 3.05) is 26.1 Å². The summed E-state index contributed by atoms with van der Waals surface area (Å²) in [5, 5.41) is 6.92. The number of nitrogens with one attached hydrogen (secondary N) is 2. The Bertz CT molecular complexity index is 318. The molecular formula is C9H12Cl2N2O. The van der Waals surface area contributed by atoms with E-state index in [1.807, 2.05) is 13.1 Å². The number of halogens is 2. The van der Waals surface area contributed by atoms with Crippen LogP contribution in [0.2, 0.25) is 10.0 Å². The normalized spacial score (nSPS) is 10.0. The smallest absolute Gasteiger partial charge is 0.139 e. The van der Waals surface area contributed by atoms with Crippen LogP contribution in [-0.4, -0.2) is 20.8 Å². The minimum absolute atomic E-state index is 0.426. The van der Waals surface area contributed by atoms with Gasteiger partial charge in [-0.15, -0.1) is 0 Å². The third-order valence-electron chi connectivity index (χ3n) is 1.72. The quantitative estimate of drug-likeness (QED) is 0.787. The molecule has 14 heavy (non-hydrogen) atoms. The molecule has 78 valence electrons. The van der Waals surface area contributed by atoms with Gasteiger partial charge >= 0.3 is 0 Å². The lowest BCUT2D eigenvalue weighted by atomic mass is 10.3. The van der Waals surface area contributed by atoms with E-state index in [9.17, 15) is 0 Å². The lowest BCUT2D eigenvalue weighted by Crippen LogP contribution is -2.16. The van der Waals surface area contributed by atoms with E-state index in [1.165, 1.54) is 0 Å². The van der Waals surface area contributed by atoms with Crippen LogP contribution < -0.4 is 15.4 Å². The molecule has 0 fully saturated rings. The van der Waals surface area contributed by atoms with Gasteiger partial charge in [-0.1, -0.05) is 23.2 Å². The Morgan fingerprint density at radius 1 is 1.29 bits per heavy atom. The van der Waals surface area contributed by atoms with Gasteiger partial charge in [0.25, 0.3) is 0 Å². The van der Waals surface area contributed by atoms with Crippen molar-refractivity contribution in [3.63, 3.8) is 0 Å². The molecular weight excluding hydrogens is 223 g/mol. The van der Waals surface area contributed by atoms with Crippen LogP contribution in [0.5, 0.6) is 5.75 Å². The number of rotatable bonds is 4. The molecule has 0 heterocycles. The number of benzene rings is 1. The van der Waals surface area contributed by atoms with Crippen LogP contribution in [0.4, 0.5) is 5.69 Å². The molecule has 2 N–H and O–H groups in total. The molecule has 0 amide bonds. The average molecular weight is 235 g/mol. The Hall–Kier alpha value is -0.640. The first-order valence-corrected chi connectivity index (χ1v) is 4.86. The zero-order valence-electron chi connectivity index (χ0n) is 8.03. The Kier molecular flexibility index (Phi) is 4.32. The summed E-state index contributed by atoms with van der Waals surface area (Å²) < 4.78 is 5.03. The fraction of sp³-hybridized carbons (Fsp3) is 0.333. The Balaban J connectivity index is 2.92. The van der Waals surface area contributed by atoms with E-state index in [-0.39, 0.29) is 0 Å². The molecule has 0 aliphatic rings. The first-order valence-electron chi connectivity index (χ1n) is 4.11. The van der Waals surface area contributed by atoms with Crippen molar-refractivity contribution < 1.29 is 4.74 Å². The van der Waals surface area contributed by atoms with Gasteiger partial charge in [-0.25, -0.2) is 0 Å². The van der Waals surface area contributed by atoms with Crippen molar-refractivity contribution in [2.45, 2.75) is 0 Å². The van der Waals surface area contributed by atoms with Crippen molar-refractivity contribution in [3.8, 4) is 5.75 Å². The highest BCUT2D eigenvalue weighted by Gasteiger charge is 2.09. The number of methoxy groups -OCH3 is 1. The second-order valence-electron chi connectivity index (χ2n) is 2.65. The Morgan fingerprint density at radius 3 is 2.57 bits per heavy atom. The van der Waals surface area contributed by atoms with Gasteiger partial charge in [0.15, 0.2) is 0 Å². The Morgan fingerprint density at radius 2 is 2.00 bits per heavy atom. The van der Waals surface area contributed by atoms with Crippen LogP contribution in [0, 0.1) is 0 Å². The predicted octanol–water partition coefficient (Wildman–Crippen LogP) is 2.59. The molecule has 0 saturated carbocycles. The van der Waals surface area contributed by atoms with Crippen molar-refractivity contribution in [3.05, 3.63) is 22.2 Å². The minimum Gasteiger partial charge on any atom is -0.495 e. The van der Waals surface area contributed by atoms with Crippen LogP contribution in [0.3, 0.4) is 0 Å². The molecule has 0 radical (unpaired) electrons. The van der Waals surface area contributed by atoms with Crippen molar-refractivity contribution >= 4 is 28.9 Å². The minimum atomic E-state index is 0.426. The van der Waals surface area contributed by atoms with Gasteiger partial charge in [0, 0.05) is 0 Å². The third-order valence-corrected chi connectivity index (χ3v) is 2.59. The van der Waals surface area contributed by atoms with Crippen molar-refractivity contribution in [2.24, 2.45) is 0 Å². The van der Waals surface area contributed by atoms with E-state index in [1.54, 1.807) is 13.2 Å². The van der Waals surface area contributed by atoms with Crippen LogP contribution in [0.25, 0.3) is 0 Å². The van der Waals surface area contributed by atoms with Crippen molar-refractivity contribution in [1.82, 2.24) is 5.32 Å². The molecule has 1 aromatic rings. The summed E-state index contributed by atoms with van der Waals surface area (Å²) in [5.41, 5.74) is 0.784. The number of hydrogen-bond acceptors (Lipinski definition) is 3. The second kappa shape index (κ2) is 5.29. The van der Waals surface area contributed by atoms with Gasteiger partial charge in [0.05, 0.1) is 24.5 Å². The number of ether oxygens (including phenoxy) is 1. The molecule has 0 aliphatic carbocycles. The fourth-order valence-corrected chi connectivity index (χ4v) is 1.47. The molecule has 0 spiro atoms. The van der Waals surface area contributed by atoms with Gasteiger partial charge in [0.2, 0.25) is 0 Å². The van der Waals surface area contributed by atoms with E-state index in [2.05, 4.69) is 10.6 Å². The largest absolute Gasteiger partial charge is 0.495 e. The zero-order valence-corrected chi connectivity index (χ0v) is 9.54. The standard InChI is InChI=1S/C9H12Cl2N2O/c1-12-5-13-6-3-4-7(14-2)9(11)8(6)10/h3-4,12-13H,5H2,1-2H3. The van der Waals surface area contributed by atoms with E-state index >= 15 is 0 Å². The van der Waals surface area contributed by atoms with E-state index in [0.29, 0.717) is 22.5 Å². The monoisotopic (exact) mass is 234 g/mol. The topological polar surface area (TPSA) is 33.3 Å². The zero-order chi connectivity index (χ0) is 10.6. The summed E-state index contributed by atoms with van der Waals surface area (Å²) >= 11 is 12.0. The Labute approximate surface area is 93.3 Å².